The molecule has 1 amide bonds. The number of ketones is 1. The fraction of sp³-hybridized carbons (Fsp3) is 0.219. The number of anilines is 1. The van der Waals surface area contributed by atoms with E-state index in [0.29, 0.717) is 52.9 Å². The van der Waals surface area contributed by atoms with Gasteiger partial charge in [0, 0.05) is 12.0 Å². The summed E-state index contributed by atoms with van der Waals surface area (Å²) in [7, 11) is 0. The number of aromatic nitrogens is 1. The van der Waals surface area contributed by atoms with Crippen molar-refractivity contribution in [3.8, 4) is 17.2 Å². The highest BCUT2D eigenvalue weighted by atomic mass is 32.1. The molecule has 0 unspecified atom stereocenters. The predicted octanol–water partition coefficient (Wildman–Crippen LogP) is 6.21. The minimum Gasteiger partial charge on any atom is -0.507 e. The van der Waals surface area contributed by atoms with Gasteiger partial charge in [-0.25, -0.2) is 4.98 Å². The Kier molecular flexibility index (Phi) is 6.96. The Morgan fingerprint density at radius 2 is 1.98 bits per heavy atom. The van der Waals surface area contributed by atoms with Crippen molar-refractivity contribution in [1.82, 2.24) is 4.98 Å². The number of fused-ring (bicyclic) bond motifs is 2. The zero-order valence-electron chi connectivity index (χ0n) is 22.6. The molecule has 1 N–H and O–H groups in total. The lowest BCUT2D eigenvalue weighted by Gasteiger charge is -2.23. The van der Waals surface area contributed by atoms with Gasteiger partial charge in [-0.2, -0.15) is 0 Å². The monoisotopic (exact) mass is 568 g/mol. The molecule has 0 spiro atoms. The molecule has 0 saturated carbocycles. The summed E-state index contributed by atoms with van der Waals surface area (Å²) >= 11 is 1.28. The van der Waals surface area contributed by atoms with Crippen LogP contribution < -0.4 is 19.1 Å². The van der Waals surface area contributed by atoms with Gasteiger partial charge in [-0.3, -0.25) is 14.5 Å². The van der Waals surface area contributed by atoms with Crippen molar-refractivity contribution >= 4 is 44.1 Å². The van der Waals surface area contributed by atoms with Crippen LogP contribution in [0.3, 0.4) is 0 Å². The summed E-state index contributed by atoms with van der Waals surface area (Å²) in [5.74, 6) is 0.174. The zero-order chi connectivity index (χ0) is 28.7. The van der Waals surface area contributed by atoms with E-state index in [2.05, 4.69) is 6.58 Å². The van der Waals surface area contributed by atoms with Gasteiger partial charge in [0.05, 0.1) is 28.4 Å². The summed E-state index contributed by atoms with van der Waals surface area (Å²) in [5.41, 5.74) is 2.62. The molecule has 3 aromatic carbocycles. The van der Waals surface area contributed by atoms with E-state index in [9.17, 15) is 14.7 Å². The lowest BCUT2D eigenvalue weighted by molar-refractivity contribution is -0.132. The van der Waals surface area contributed by atoms with Crippen LogP contribution in [0.4, 0.5) is 5.13 Å². The van der Waals surface area contributed by atoms with E-state index in [-0.39, 0.29) is 17.4 Å². The number of benzene rings is 3. The Bertz CT molecular complexity index is 1720. The summed E-state index contributed by atoms with van der Waals surface area (Å²) in [6.45, 7) is 8.38. The number of ether oxygens (including phenoxy) is 3. The molecule has 4 aromatic rings. The van der Waals surface area contributed by atoms with Crippen molar-refractivity contribution in [1.29, 1.82) is 0 Å². The normalized spacial score (nSPS) is 19.3. The Morgan fingerprint density at radius 3 is 2.78 bits per heavy atom. The summed E-state index contributed by atoms with van der Waals surface area (Å²) < 4.78 is 18.0. The minimum atomic E-state index is -0.933. The van der Waals surface area contributed by atoms with Gasteiger partial charge in [0.1, 0.15) is 35.7 Å². The number of carbonyl (C=O) groups excluding carboxylic acids is 2. The highest BCUT2D eigenvalue weighted by molar-refractivity contribution is 7.22. The summed E-state index contributed by atoms with van der Waals surface area (Å²) in [4.78, 5) is 33.4. The van der Waals surface area contributed by atoms with Gasteiger partial charge >= 0.3 is 5.91 Å². The van der Waals surface area contributed by atoms with E-state index in [1.54, 1.807) is 42.5 Å². The number of aliphatic hydroxyl groups excluding tert-OH is 1. The van der Waals surface area contributed by atoms with Crippen LogP contribution in [0.5, 0.6) is 17.2 Å². The largest absolute Gasteiger partial charge is 0.507 e. The smallest absolute Gasteiger partial charge is 0.301 e. The van der Waals surface area contributed by atoms with Crippen molar-refractivity contribution in [2.24, 2.45) is 0 Å². The molecular formula is C32H28N2O6S. The molecule has 41 heavy (non-hydrogen) atoms. The quantitative estimate of drug-likeness (QED) is 0.117. The number of carbonyl (C=O) groups is 2. The van der Waals surface area contributed by atoms with E-state index in [0.717, 1.165) is 16.0 Å². The van der Waals surface area contributed by atoms with Gasteiger partial charge in [-0.1, -0.05) is 36.1 Å². The fourth-order valence-corrected chi connectivity index (χ4v) is 6.27. The molecule has 0 aliphatic carbocycles. The third-order valence-electron chi connectivity index (χ3n) is 7.02. The van der Waals surface area contributed by atoms with Crippen molar-refractivity contribution in [2.75, 3.05) is 18.1 Å². The average Bonchev–Trinajstić information content (AvgIpc) is 3.63. The van der Waals surface area contributed by atoms with Crippen molar-refractivity contribution in [2.45, 2.75) is 32.4 Å². The first-order valence-corrected chi connectivity index (χ1v) is 14.2. The number of hydrogen-bond donors (Lipinski definition) is 1. The number of aliphatic hydroxyl groups is 1. The Morgan fingerprint density at radius 1 is 1.15 bits per heavy atom. The first kappa shape index (κ1) is 26.6. The van der Waals surface area contributed by atoms with E-state index >= 15 is 0 Å². The lowest BCUT2D eigenvalue weighted by atomic mass is 9.94. The van der Waals surface area contributed by atoms with E-state index in [1.807, 2.05) is 38.1 Å². The molecular weight excluding hydrogens is 540 g/mol. The fourth-order valence-electron chi connectivity index (χ4n) is 5.25. The number of amides is 1. The second-order valence-corrected chi connectivity index (χ2v) is 10.9. The highest BCUT2D eigenvalue weighted by Crippen LogP contribution is 2.45. The molecule has 0 radical (unpaired) electrons. The summed E-state index contributed by atoms with van der Waals surface area (Å²) in [5, 5.41) is 12.0. The van der Waals surface area contributed by atoms with Crippen molar-refractivity contribution in [3.63, 3.8) is 0 Å². The maximum Gasteiger partial charge on any atom is 0.301 e. The lowest BCUT2D eigenvalue weighted by Crippen LogP contribution is -2.29. The van der Waals surface area contributed by atoms with Gasteiger partial charge in [0.25, 0.3) is 5.78 Å². The topological polar surface area (TPSA) is 98.2 Å². The third-order valence-corrected chi connectivity index (χ3v) is 8.04. The second-order valence-electron chi connectivity index (χ2n) is 9.86. The molecule has 6 rings (SSSR count). The van der Waals surface area contributed by atoms with Crippen molar-refractivity contribution < 1.29 is 28.9 Å². The van der Waals surface area contributed by atoms with Crippen LogP contribution in [-0.2, 0) is 16.0 Å². The Balaban J connectivity index is 1.51. The number of hydrogen-bond acceptors (Lipinski definition) is 8. The Labute approximate surface area is 241 Å². The molecule has 2 aliphatic rings. The van der Waals surface area contributed by atoms with Gasteiger partial charge in [-0.15, -0.1) is 0 Å². The average molecular weight is 569 g/mol. The zero-order valence-corrected chi connectivity index (χ0v) is 23.4. The van der Waals surface area contributed by atoms with Gasteiger partial charge in [0.15, 0.2) is 5.13 Å². The standard InChI is InChI=1S/C32H28N2O6S/c1-4-13-39-22-8-6-7-19(16-22)28-27(29(35)20-9-12-25-21(15-20)14-18(3)40-25)30(36)31(37)34(28)32-33-24-11-10-23(38-5-2)17-26(24)41-32/h4,6-12,15-18,28,35H,1,5,13-14H2,2-3H3/b29-27+/t18-,28-/m1/s1. The number of rotatable bonds is 8. The van der Waals surface area contributed by atoms with Crippen LogP contribution in [0, 0.1) is 0 Å². The third kappa shape index (κ3) is 4.82. The molecule has 8 nitrogen and oxygen atoms in total. The van der Waals surface area contributed by atoms with Crippen LogP contribution in [0.25, 0.3) is 16.0 Å². The van der Waals surface area contributed by atoms with E-state index in [4.69, 9.17) is 19.2 Å². The van der Waals surface area contributed by atoms with E-state index in [1.165, 1.54) is 16.2 Å². The summed E-state index contributed by atoms with van der Waals surface area (Å²) in [6, 6.07) is 17.0. The van der Waals surface area contributed by atoms with Crippen molar-refractivity contribution in [3.05, 3.63) is 95.6 Å². The number of nitrogens with zero attached hydrogens (tertiary/aromatic N) is 2. The Hall–Kier alpha value is -4.63. The maximum atomic E-state index is 13.7. The van der Waals surface area contributed by atoms with Crippen LogP contribution in [0.2, 0.25) is 0 Å². The van der Waals surface area contributed by atoms with Gasteiger partial charge in [0.2, 0.25) is 0 Å². The summed E-state index contributed by atoms with van der Waals surface area (Å²) in [6.07, 6.45) is 2.34. The van der Waals surface area contributed by atoms with Gasteiger partial charge < -0.3 is 19.3 Å². The molecule has 1 aromatic heterocycles. The minimum absolute atomic E-state index is 0.0166. The van der Waals surface area contributed by atoms with Crippen LogP contribution in [0.1, 0.15) is 36.6 Å². The van der Waals surface area contributed by atoms with Crippen LogP contribution in [-0.4, -0.2) is 41.1 Å². The molecule has 2 aliphatic heterocycles. The number of thiazole rings is 1. The number of Topliss-reactive ketones (excluding diaryl/α,β-unsaturated/α-hetero) is 1. The molecule has 1 fully saturated rings. The molecule has 0 bridgehead atoms. The molecule has 2 atom stereocenters. The molecule has 208 valence electrons. The SMILES string of the molecule is C=CCOc1cccc([C@@H]2/C(=C(\O)c3ccc4c(c3)C[C@@H](C)O4)C(=O)C(=O)N2c2nc3ccc(OCC)cc3s2)c1. The highest BCUT2D eigenvalue weighted by Gasteiger charge is 2.48. The van der Waals surface area contributed by atoms with Crippen LogP contribution in [0.15, 0.2) is 78.9 Å². The molecule has 3 heterocycles. The molecule has 1 saturated heterocycles. The second kappa shape index (κ2) is 10.7. The van der Waals surface area contributed by atoms with E-state index < -0.39 is 17.7 Å². The van der Waals surface area contributed by atoms with Crippen LogP contribution >= 0.6 is 11.3 Å². The van der Waals surface area contributed by atoms with Gasteiger partial charge in [-0.05, 0) is 73.5 Å². The predicted molar refractivity (Wildman–Crippen MR) is 158 cm³/mol. The first-order valence-electron chi connectivity index (χ1n) is 13.4. The maximum absolute atomic E-state index is 13.7. The first-order chi connectivity index (χ1) is 19.9. The molecule has 9 heteroatoms.